The molecule has 28 heavy (non-hydrogen) atoms. The lowest BCUT2D eigenvalue weighted by Crippen LogP contribution is -2.55. The third-order valence-corrected chi connectivity index (χ3v) is 6.13. The summed E-state index contributed by atoms with van der Waals surface area (Å²) in [5, 5.41) is 9.38. The second kappa shape index (κ2) is 6.41. The number of hydrogen-bond acceptors (Lipinski definition) is 4. The number of pyridine rings is 1. The first kappa shape index (κ1) is 17.4. The van der Waals surface area contributed by atoms with Crippen molar-refractivity contribution in [3.05, 3.63) is 42.9 Å². The predicted octanol–water partition coefficient (Wildman–Crippen LogP) is 3.45. The van der Waals surface area contributed by atoms with E-state index >= 15 is 0 Å². The summed E-state index contributed by atoms with van der Waals surface area (Å²) in [5.41, 5.74) is 2.61. The Kier molecular flexibility index (Phi) is 3.98. The highest BCUT2D eigenvalue weighted by Gasteiger charge is 2.44. The lowest BCUT2D eigenvalue weighted by Gasteiger charge is -2.41. The van der Waals surface area contributed by atoms with E-state index < -0.39 is 0 Å². The topological polar surface area (TPSA) is 63.1 Å². The van der Waals surface area contributed by atoms with Gasteiger partial charge >= 0.3 is 0 Å². The van der Waals surface area contributed by atoms with Crippen molar-refractivity contribution in [2.24, 2.45) is 12.5 Å². The summed E-state index contributed by atoms with van der Waals surface area (Å²) in [5.74, 6) is 0.677. The molecule has 1 aliphatic carbocycles. The van der Waals surface area contributed by atoms with Crippen LogP contribution in [0.2, 0.25) is 0 Å². The zero-order valence-corrected chi connectivity index (χ0v) is 16.4. The number of fused-ring (bicyclic) bond motifs is 1. The maximum absolute atomic E-state index is 12.7. The maximum atomic E-state index is 12.7. The fraction of sp³-hybridized carbons (Fsp3) is 0.409. The lowest BCUT2D eigenvalue weighted by molar-refractivity contribution is -0.126. The summed E-state index contributed by atoms with van der Waals surface area (Å²) in [6.45, 7) is 4.36. The standard InChI is InChI=1S/C22H25N5O/c1-22(6-7-22)14-27-8-5-19(27)21(28)25-20-10-17-9-15(3-4-16(17)11-23-20)18-12-24-26(2)13-18/h3-4,9-13,19H,5-8,14H2,1-2H3,(H,23,25,28). The van der Waals surface area contributed by atoms with Gasteiger partial charge in [0.05, 0.1) is 12.2 Å². The van der Waals surface area contributed by atoms with Crippen LogP contribution in [-0.4, -0.2) is 44.7 Å². The number of anilines is 1. The highest BCUT2D eigenvalue weighted by atomic mass is 16.2. The largest absolute Gasteiger partial charge is 0.309 e. The number of aryl methyl sites for hydroxylation is 1. The van der Waals surface area contributed by atoms with Crippen molar-refractivity contribution >= 4 is 22.5 Å². The molecular weight excluding hydrogens is 350 g/mol. The van der Waals surface area contributed by atoms with E-state index in [2.05, 4.69) is 45.4 Å². The van der Waals surface area contributed by atoms with Gasteiger partial charge < -0.3 is 5.32 Å². The van der Waals surface area contributed by atoms with Crippen LogP contribution in [-0.2, 0) is 11.8 Å². The summed E-state index contributed by atoms with van der Waals surface area (Å²) in [7, 11) is 1.91. The molecule has 0 bridgehead atoms. The molecule has 3 heterocycles. The fourth-order valence-electron chi connectivity index (χ4n) is 3.96. The number of amides is 1. The molecule has 1 unspecified atom stereocenters. The van der Waals surface area contributed by atoms with Gasteiger partial charge in [-0.2, -0.15) is 5.10 Å². The molecule has 1 saturated heterocycles. The van der Waals surface area contributed by atoms with Crippen LogP contribution in [0.25, 0.3) is 21.9 Å². The van der Waals surface area contributed by atoms with Crippen molar-refractivity contribution in [2.45, 2.75) is 32.2 Å². The molecule has 0 radical (unpaired) electrons. The molecule has 0 spiro atoms. The number of hydrogen-bond donors (Lipinski definition) is 1. The smallest absolute Gasteiger partial charge is 0.242 e. The highest BCUT2D eigenvalue weighted by molar-refractivity contribution is 5.97. The molecule has 1 amide bonds. The van der Waals surface area contributed by atoms with Gasteiger partial charge in [0, 0.05) is 43.5 Å². The third-order valence-electron chi connectivity index (χ3n) is 6.13. The highest BCUT2D eigenvalue weighted by Crippen LogP contribution is 2.46. The van der Waals surface area contributed by atoms with Gasteiger partial charge in [-0.25, -0.2) is 4.98 Å². The first-order chi connectivity index (χ1) is 13.5. The van der Waals surface area contributed by atoms with Gasteiger partial charge in [0.2, 0.25) is 5.91 Å². The van der Waals surface area contributed by atoms with E-state index in [1.165, 1.54) is 12.8 Å². The Labute approximate surface area is 164 Å². The van der Waals surface area contributed by atoms with Crippen LogP contribution in [0.4, 0.5) is 5.82 Å². The minimum Gasteiger partial charge on any atom is -0.309 e. The van der Waals surface area contributed by atoms with E-state index in [-0.39, 0.29) is 11.9 Å². The monoisotopic (exact) mass is 375 g/mol. The number of rotatable bonds is 5. The molecule has 1 N–H and O–H groups in total. The number of aromatic nitrogens is 3. The minimum atomic E-state index is -0.0170. The van der Waals surface area contributed by atoms with Gasteiger partial charge in [-0.3, -0.25) is 14.4 Å². The van der Waals surface area contributed by atoms with E-state index in [9.17, 15) is 4.79 Å². The van der Waals surface area contributed by atoms with Crippen molar-refractivity contribution in [1.29, 1.82) is 0 Å². The average Bonchev–Trinajstić information content (AvgIpc) is 3.23. The summed E-state index contributed by atoms with van der Waals surface area (Å²) >= 11 is 0. The molecular formula is C22H25N5O. The molecule has 144 valence electrons. The number of nitrogens with zero attached hydrogens (tertiary/aromatic N) is 4. The Bertz CT molecular complexity index is 1050. The average molecular weight is 375 g/mol. The van der Waals surface area contributed by atoms with Crippen molar-refractivity contribution in [3.8, 4) is 11.1 Å². The summed E-state index contributed by atoms with van der Waals surface area (Å²) in [6.07, 6.45) is 9.17. The molecule has 1 atom stereocenters. The molecule has 1 aromatic carbocycles. The molecule has 1 saturated carbocycles. The number of benzene rings is 1. The Balaban J connectivity index is 1.33. The normalized spacial score (nSPS) is 20.7. The van der Waals surface area contributed by atoms with Crippen molar-refractivity contribution < 1.29 is 4.79 Å². The SMILES string of the molecule is Cn1cc(-c2ccc3cnc(NC(=O)C4CCN4CC4(C)CC4)cc3c2)cn1. The minimum absolute atomic E-state index is 0.0170. The molecule has 1 aliphatic heterocycles. The zero-order chi connectivity index (χ0) is 19.3. The molecule has 2 aromatic heterocycles. The van der Waals surface area contributed by atoms with Crippen LogP contribution in [0.5, 0.6) is 0 Å². The third kappa shape index (κ3) is 3.29. The number of nitrogens with one attached hydrogen (secondary N) is 1. The summed E-state index contributed by atoms with van der Waals surface area (Å²) < 4.78 is 1.80. The molecule has 6 heteroatoms. The van der Waals surface area contributed by atoms with E-state index in [1.807, 2.05) is 31.7 Å². The van der Waals surface area contributed by atoms with Gasteiger partial charge in [0.25, 0.3) is 0 Å². The van der Waals surface area contributed by atoms with Gasteiger partial charge in [-0.15, -0.1) is 0 Å². The fourth-order valence-corrected chi connectivity index (χ4v) is 3.96. The van der Waals surface area contributed by atoms with Gasteiger partial charge in [0.1, 0.15) is 5.82 Å². The number of carbonyl (C=O) groups excluding carboxylic acids is 1. The van der Waals surface area contributed by atoms with Crippen LogP contribution < -0.4 is 5.32 Å². The van der Waals surface area contributed by atoms with Crippen LogP contribution in [0.1, 0.15) is 26.2 Å². The van der Waals surface area contributed by atoms with Gasteiger partial charge in [-0.05, 0) is 47.8 Å². The Morgan fingerprint density at radius 2 is 2.07 bits per heavy atom. The molecule has 6 nitrogen and oxygen atoms in total. The Morgan fingerprint density at radius 3 is 2.75 bits per heavy atom. The molecule has 2 fully saturated rings. The van der Waals surface area contributed by atoms with E-state index in [1.54, 1.807) is 4.68 Å². The number of likely N-dealkylation sites (tertiary alicyclic amines) is 1. The van der Waals surface area contributed by atoms with Crippen LogP contribution in [0.3, 0.4) is 0 Å². The predicted molar refractivity (Wildman–Crippen MR) is 110 cm³/mol. The number of carbonyl (C=O) groups is 1. The van der Waals surface area contributed by atoms with Gasteiger partial charge in [0.15, 0.2) is 0 Å². The zero-order valence-electron chi connectivity index (χ0n) is 16.4. The molecule has 2 aliphatic rings. The van der Waals surface area contributed by atoms with E-state index in [0.717, 1.165) is 41.4 Å². The van der Waals surface area contributed by atoms with Crippen LogP contribution in [0.15, 0.2) is 42.9 Å². The maximum Gasteiger partial charge on any atom is 0.242 e. The van der Waals surface area contributed by atoms with E-state index in [4.69, 9.17) is 0 Å². The summed E-state index contributed by atoms with van der Waals surface area (Å²) in [6, 6.07) is 8.19. The van der Waals surface area contributed by atoms with E-state index in [0.29, 0.717) is 11.2 Å². The van der Waals surface area contributed by atoms with Gasteiger partial charge in [-0.1, -0.05) is 19.1 Å². The van der Waals surface area contributed by atoms with Crippen molar-refractivity contribution in [2.75, 3.05) is 18.4 Å². The Morgan fingerprint density at radius 1 is 1.21 bits per heavy atom. The Hall–Kier alpha value is -2.73. The van der Waals surface area contributed by atoms with Crippen molar-refractivity contribution in [1.82, 2.24) is 19.7 Å². The first-order valence-electron chi connectivity index (χ1n) is 9.93. The molecule has 3 aromatic rings. The first-order valence-corrected chi connectivity index (χ1v) is 9.93. The van der Waals surface area contributed by atoms with Crippen molar-refractivity contribution in [3.63, 3.8) is 0 Å². The second-order valence-electron chi connectivity index (χ2n) is 8.61. The lowest BCUT2D eigenvalue weighted by atomic mass is 9.98. The quantitative estimate of drug-likeness (QED) is 0.742. The molecule has 5 rings (SSSR count). The second-order valence-corrected chi connectivity index (χ2v) is 8.61. The van der Waals surface area contributed by atoms with Crippen LogP contribution in [0, 0.1) is 5.41 Å². The van der Waals surface area contributed by atoms with Crippen LogP contribution >= 0.6 is 0 Å². The summed E-state index contributed by atoms with van der Waals surface area (Å²) in [4.78, 5) is 19.5.